The van der Waals surface area contributed by atoms with Gasteiger partial charge in [-0.2, -0.15) is 0 Å². The lowest BCUT2D eigenvalue weighted by molar-refractivity contribution is 0.670. The molecule has 12 aromatic rings. The summed E-state index contributed by atoms with van der Waals surface area (Å²) in [7, 11) is 0. The lowest BCUT2D eigenvalue weighted by Crippen LogP contribution is -1.87. The minimum atomic E-state index is 0.893. The molecule has 0 saturated carbocycles. The average Bonchev–Trinajstić information content (AvgIpc) is 3.73. The van der Waals surface area contributed by atoms with Gasteiger partial charge in [0, 0.05) is 16.3 Å². The van der Waals surface area contributed by atoms with Crippen molar-refractivity contribution in [3.63, 3.8) is 0 Å². The van der Waals surface area contributed by atoms with Gasteiger partial charge < -0.3 is 4.42 Å². The summed E-state index contributed by atoms with van der Waals surface area (Å²) in [5.74, 6) is 0. The summed E-state index contributed by atoms with van der Waals surface area (Å²) in [6, 6.07) is 83.7. The van der Waals surface area contributed by atoms with Crippen LogP contribution >= 0.6 is 0 Å². The van der Waals surface area contributed by atoms with Crippen molar-refractivity contribution in [2.75, 3.05) is 0 Å². The largest absolute Gasteiger partial charge is 0.455 e. The molecule has 1 aromatic heterocycles. The van der Waals surface area contributed by atoms with Crippen molar-refractivity contribution < 1.29 is 4.42 Å². The second-order valence-corrected chi connectivity index (χ2v) is 16.0. The molecule has 0 fully saturated rings. The third kappa shape index (κ3) is 6.10. The monoisotopic (exact) mass is 774 g/mol. The fourth-order valence-electron chi connectivity index (χ4n) is 9.40. The quantitative estimate of drug-likeness (QED) is 0.153. The van der Waals surface area contributed by atoms with Gasteiger partial charge in [0.15, 0.2) is 0 Å². The number of benzene rings is 11. The van der Waals surface area contributed by atoms with Gasteiger partial charge in [0.05, 0.1) is 0 Å². The van der Waals surface area contributed by atoms with Crippen LogP contribution in [0.1, 0.15) is 0 Å². The zero-order valence-corrected chi connectivity index (χ0v) is 33.3. The minimum Gasteiger partial charge on any atom is -0.455 e. The van der Waals surface area contributed by atoms with E-state index in [2.05, 4.69) is 224 Å². The van der Waals surface area contributed by atoms with Crippen LogP contribution in [0.2, 0.25) is 0 Å². The fourth-order valence-corrected chi connectivity index (χ4v) is 9.40. The molecule has 0 aliphatic rings. The number of furan rings is 1. The maximum absolute atomic E-state index is 6.66. The minimum absolute atomic E-state index is 0.893. The molecule has 11 aromatic carbocycles. The molecule has 0 aliphatic heterocycles. The van der Waals surface area contributed by atoms with Crippen LogP contribution in [0.5, 0.6) is 0 Å². The van der Waals surface area contributed by atoms with Crippen molar-refractivity contribution in [2.45, 2.75) is 0 Å². The van der Waals surface area contributed by atoms with Gasteiger partial charge >= 0.3 is 0 Å². The number of rotatable bonds is 6. The Bertz CT molecular complexity index is 3590. The summed E-state index contributed by atoms with van der Waals surface area (Å²) in [4.78, 5) is 0. The van der Waals surface area contributed by atoms with Crippen LogP contribution in [-0.4, -0.2) is 0 Å². The summed E-state index contributed by atoms with van der Waals surface area (Å²) in [5.41, 5.74) is 15.9. The Kier molecular flexibility index (Phi) is 8.25. The smallest absolute Gasteiger partial charge is 0.143 e. The first-order valence-electron chi connectivity index (χ1n) is 21.0. The van der Waals surface area contributed by atoms with E-state index in [0.717, 1.165) is 44.2 Å². The first-order chi connectivity index (χ1) is 30.2. The highest BCUT2D eigenvalue weighted by molar-refractivity contribution is 6.25. The molecule has 0 spiro atoms. The van der Waals surface area contributed by atoms with E-state index in [1.165, 1.54) is 76.8 Å². The fraction of sp³-hybridized carbons (Fsp3) is 0. The van der Waals surface area contributed by atoms with Crippen LogP contribution in [0.15, 0.2) is 235 Å². The molecule has 0 aliphatic carbocycles. The first kappa shape index (κ1) is 35.0. The number of fused-ring (bicyclic) bond motifs is 9. The molecule has 0 radical (unpaired) electrons. The summed E-state index contributed by atoms with van der Waals surface area (Å²) in [6.07, 6.45) is 0. The lowest BCUT2D eigenvalue weighted by Gasteiger charge is -2.13. The van der Waals surface area contributed by atoms with Gasteiger partial charge in [0.1, 0.15) is 11.2 Å². The van der Waals surface area contributed by atoms with Crippen LogP contribution in [0.25, 0.3) is 121 Å². The molecule has 0 saturated heterocycles. The summed E-state index contributed by atoms with van der Waals surface area (Å²) >= 11 is 0. The molecular weight excluding hydrogens is 737 g/mol. The third-order valence-electron chi connectivity index (χ3n) is 12.4. The Hall–Kier alpha value is -8.00. The zero-order chi connectivity index (χ0) is 40.3. The van der Waals surface area contributed by atoms with Gasteiger partial charge in [0.2, 0.25) is 0 Å². The molecule has 1 nitrogen and oxygen atoms in total. The van der Waals surface area contributed by atoms with Crippen LogP contribution in [-0.2, 0) is 0 Å². The molecule has 0 N–H and O–H groups in total. The van der Waals surface area contributed by atoms with Crippen molar-refractivity contribution in [3.05, 3.63) is 231 Å². The van der Waals surface area contributed by atoms with E-state index < -0.39 is 0 Å². The summed E-state index contributed by atoms with van der Waals surface area (Å²) in [5, 5.41) is 9.97. The number of para-hydroxylation sites is 1. The van der Waals surface area contributed by atoms with Crippen molar-refractivity contribution in [1.29, 1.82) is 0 Å². The van der Waals surface area contributed by atoms with E-state index in [1.807, 2.05) is 6.07 Å². The van der Waals surface area contributed by atoms with Crippen LogP contribution in [0.3, 0.4) is 0 Å². The number of hydrogen-bond acceptors (Lipinski definition) is 1. The molecular formula is C60H38O. The van der Waals surface area contributed by atoms with Crippen molar-refractivity contribution >= 4 is 54.3 Å². The van der Waals surface area contributed by atoms with Crippen molar-refractivity contribution in [3.8, 4) is 66.8 Å². The highest BCUT2D eigenvalue weighted by atomic mass is 16.3. The van der Waals surface area contributed by atoms with Gasteiger partial charge in [0.25, 0.3) is 0 Å². The molecule has 0 amide bonds. The third-order valence-corrected chi connectivity index (χ3v) is 12.4. The molecule has 1 heteroatoms. The van der Waals surface area contributed by atoms with Gasteiger partial charge in [-0.05, 0) is 136 Å². The number of hydrogen-bond donors (Lipinski definition) is 0. The molecule has 12 rings (SSSR count). The second kappa shape index (κ2) is 14.4. The van der Waals surface area contributed by atoms with Gasteiger partial charge in [-0.15, -0.1) is 0 Å². The van der Waals surface area contributed by atoms with Crippen LogP contribution in [0.4, 0.5) is 0 Å². The zero-order valence-electron chi connectivity index (χ0n) is 33.3. The van der Waals surface area contributed by atoms with Gasteiger partial charge in [-0.3, -0.25) is 0 Å². The van der Waals surface area contributed by atoms with Gasteiger partial charge in [-0.1, -0.05) is 188 Å². The average molecular weight is 775 g/mol. The molecule has 0 bridgehead atoms. The summed E-state index contributed by atoms with van der Waals surface area (Å²) in [6.45, 7) is 0. The van der Waals surface area contributed by atoms with Crippen molar-refractivity contribution in [2.24, 2.45) is 0 Å². The standard InChI is InChI=1S/C60H38O/c1-2-13-39(14-3-1)40-27-29-41(30-28-40)42-15-12-20-48(35-42)56-37-49(38-58-55-25-8-9-26-59(55)61-60(56)58)46-19-11-17-44(34-46)43-16-10-18-45(33-43)47-31-32-54-52-23-5-4-21-50(52)51-22-6-7-24-53(51)57(54)36-47/h1-38H. The molecule has 61 heavy (non-hydrogen) atoms. The maximum Gasteiger partial charge on any atom is 0.143 e. The van der Waals surface area contributed by atoms with E-state index in [0.29, 0.717) is 0 Å². The SMILES string of the molecule is c1ccc(-c2ccc(-c3cccc(-c4cc(-c5cccc(-c6cccc(-c7ccc8c9ccccc9c9ccccc9c8c7)c6)c5)cc5c4oc4ccccc45)c3)cc2)cc1. The first-order valence-corrected chi connectivity index (χ1v) is 21.0. The highest BCUT2D eigenvalue weighted by Gasteiger charge is 2.17. The van der Waals surface area contributed by atoms with E-state index >= 15 is 0 Å². The van der Waals surface area contributed by atoms with E-state index in [1.54, 1.807) is 0 Å². The van der Waals surface area contributed by atoms with Crippen LogP contribution in [0, 0.1) is 0 Å². The molecule has 0 atom stereocenters. The predicted molar refractivity (Wildman–Crippen MR) is 259 cm³/mol. The maximum atomic E-state index is 6.66. The lowest BCUT2D eigenvalue weighted by atomic mass is 9.91. The normalized spacial score (nSPS) is 11.6. The Morgan fingerprint density at radius 2 is 0.574 bits per heavy atom. The van der Waals surface area contributed by atoms with Gasteiger partial charge in [-0.25, -0.2) is 0 Å². The topological polar surface area (TPSA) is 13.1 Å². The predicted octanol–water partition coefficient (Wildman–Crippen LogP) is 17.0. The Labute approximate surface area is 354 Å². The van der Waals surface area contributed by atoms with E-state index in [9.17, 15) is 0 Å². The Morgan fingerprint density at radius 1 is 0.197 bits per heavy atom. The molecule has 284 valence electrons. The summed E-state index contributed by atoms with van der Waals surface area (Å²) < 4.78 is 6.66. The Balaban J connectivity index is 0.941. The molecule has 1 heterocycles. The van der Waals surface area contributed by atoms with Crippen LogP contribution < -0.4 is 0 Å². The second-order valence-electron chi connectivity index (χ2n) is 16.0. The highest BCUT2D eigenvalue weighted by Crippen LogP contribution is 2.42. The van der Waals surface area contributed by atoms with Crippen molar-refractivity contribution in [1.82, 2.24) is 0 Å². The molecule has 0 unspecified atom stereocenters. The van der Waals surface area contributed by atoms with E-state index in [-0.39, 0.29) is 0 Å². The Morgan fingerprint density at radius 3 is 1.20 bits per heavy atom. The van der Waals surface area contributed by atoms with E-state index in [4.69, 9.17) is 4.42 Å².